The Morgan fingerprint density at radius 2 is 1.87 bits per heavy atom. The van der Waals surface area contributed by atoms with Crippen molar-refractivity contribution in [2.75, 3.05) is 6.61 Å². The van der Waals surface area contributed by atoms with Crippen molar-refractivity contribution < 1.29 is 22.7 Å². The van der Waals surface area contributed by atoms with Crippen LogP contribution in [0.1, 0.15) is 27.2 Å². The SMILES string of the molecule is CC(CC(F)(F)F)NC(=O)COC(C)C. The third kappa shape index (κ3) is 9.52. The normalized spacial score (nSPS) is 14.1. The number of hydrogen-bond acceptors (Lipinski definition) is 2. The maximum Gasteiger partial charge on any atom is 0.391 e. The lowest BCUT2D eigenvalue weighted by molar-refractivity contribution is -0.142. The van der Waals surface area contributed by atoms with Crippen molar-refractivity contribution in [1.82, 2.24) is 5.32 Å². The van der Waals surface area contributed by atoms with Crippen LogP contribution in [0.15, 0.2) is 0 Å². The summed E-state index contributed by atoms with van der Waals surface area (Å²) >= 11 is 0. The highest BCUT2D eigenvalue weighted by Crippen LogP contribution is 2.21. The molecule has 1 atom stereocenters. The zero-order valence-electron chi connectivity index (χ0n) is 9.02. The van der Waals surface area contributed by atoms with E-state index in [1.807, 2.05) is 0 Å². The van der Waals surface area contributed by atoms with Gasteiger partial charge in [-0.2, -0.15) is 13.2 Å². The summed E-state index contributed by atoms with van der Waals surface area (Å²) in [6.07, 6.45) is -5.40. The minimum Gasteiger partial charge on any atom is -0.369 e. The molecule has 15 heavy (non-hydrogen) atoms. The number of carbonyl (C=O) groups excluding carboxylic acids is 1. The van der Waals surface area contributed by atoms with Crippen molar-refractivity contribution in [2.45, 2.75) is 45.5 Å². The molecular formula is C9H16F3NO2. The molecule has 0 aromatic heterocycles. The third-order valence-electron chi connectivity index (χ3n) is 1.49. The second-order valence-corrected chi connectivity index (χ2v) is 3.65. The Morgan fingerprint density at radius 1 is 1.33 bits per heavy atom. The highest BCUT2D eigenvalue weighted by atomic mass is 19.4. The molecule has 0 aliphatic rings. The molecule has 0 heterocycles. The number of halogens is 3. The van der Waals surface area contributed by atoms with Crippen molar-refractivity contribution in [3.8, 4) is 0 Å². The number of amides is 1. The Kier molecular flexibility index (Phi) is 5.64. The number of ether oxygens (including phenoxy) is 1. The van der Waals surface area contributed by atoms with Gasteiger partial charge in [-0.25, -0.2) is 0 Å². The minimum atomic E-state index is -4.26. The van der Waals surface area contributed by atoms with E-state index in [0.717, 1.165) is 0 Å². The molecule has 0 aromatic carbocycles. The smallest absolute Gasteiger partial charge is 0.369 e. The first-order chi connectivity index (χ1) is 6.70. The lowest BCUT2D eigenvalue weighted by Crippen LogP contribution is -2.38. The van der Waals surface area contributed by atoms with Gasteiger partial charge in [-0.05, 0) is 20.8 Å². The van der Waals surface area contributed by atoms with Gasteiger partial charge in [0, 0.05) is 6.04 Å². The molecule has 1 amide bonds. The van der Waals surface area contributed by atoms with Crippen LogP contribution in [-0.4, -0.2) is 30.8 Å². The average Bonchev–Trinajstić information content (AvgIpc) is 1.96. The molecule has 0 bridgehead atoms. The first-order valence-electron chi connectivity index (χ1n) is 4.68. The Balaban J connectivity index is 3.77. The van der Waals surface area contributed by atoms with Crippen LogP contribution in [0.2, 0.25) is 0 Å². The minimum absolute atomic E-state index is 0.117. The van der Waals surface area contributed by atoms with E-state index >= 15 is 0 Å². The predicted octanol–water partition coefficient (Wildman–Crippen LogP) is 1.87. The van der Waals surface area contributed by atoms with E-state index in [1.165, 1.54) is 6.92 Å². The van der Waals surface area contributed by atoms with Crippen molar-refractivity contribution in [3.05, 3.63) is 0 Å². The summed E-state index contributed by atoms with van der Waals surface area (Å²) in [5.74, 6) is -0.527. The van der Waals surface area contributed by atoms with E-state index in [-0.39, 0.29) is 12.7 Å². The van der Waals surface area contributed by atoms with Crippen LogP contribution in [0.4, 0.5) is 13.2 Å². The number of carbonyl (C=O) groups is 1. The van der Waals surface area contributed by atoms with Crippen molar-refractivity contribution >= 4 is 5.91 Å². The summed E-state index contributed by atoms with van der Waals surface area (Å²) < 4.78 is 40.6. The van der Waals surface area contributed by atoms with Crippen LogP contribution in [0, 0.1) is 0 Å². The molecule has 0 fully saturated rings. The quantitative estimate of drug-likeness (QED) is 0.778. The van der Waals surface area contributed by atoms with E-state index in [2.05, 4.69) is 5.32 Å². The maximum atomic E-state index is 11.9. The maximum absolute atomic E-state index is 11.9. The molecular weight excluding hydrogens is 211 g/mol. The van der Waals surface area contributed by atoms with Gasteiger partial charge in [0.05, 0.1) is 12.5 Å². The summed E-state index contributed by atoms with van der Waals surface area (Å²) in [5, 5.41) is 2.21. The molecule has 0 aromatic rings. The third-order valence-corrected chi connectivity index (χ3v) is 1.49. The van der Waals surface area contributed by atoms with E-state index in [0.29, 0.717) is 0 Å². The average molecular weight is 227 g/mol. The number of hydrogen-bond donors (Lipinski definition) is 1. The molecule has 0 radical (unpaired) electrons. The lowest BCUT2D eigenvalue weighted by atomic mass is 10.2. The van der Waals surface area contributed by atoms with E-state index in [1.54, 1.807) is 13.8 Å². The largest absolute Gasteiger partial charge is 0.391 e. The summed E-state index contributed by atoms with van der Waals surface area (Å²) in [6.45, 7) is 4.58. The number of alkyl halides is 3. The summed E-state index contributed by atoms with van der Waals surface area (Å²) in [7, 11) is 0. The zero-order chi connectivity index (χ0) is 12.1. The molecule has 0 saturated heterocycles. The molecule has 0 aliphatic heterocycles. The molecule has 1 unspecified atom stereocenters. The fourth-order valence-electron chi connectivity index (χ4n) is 0.957. The molecule has 0 spiro atoms. The summed E-state index contributed by atoms with van der Waals surface area (Å²) in [6, 6.07) is -0.923. The summed E-state index contributed by atoms with van der Waals surface area (Å²) in [5.41, 5.74) is 0. The fraction of sp³-hybridized carbons (Fsp3) is 0.889. The lowest BCUT2D eigenvalue weighted by Gasteiger charge is -2.16. The van der Waals surface area contributed by atoms with E-state index < -0.39 is 24.5 Å². The van der Waals surface area contributed by atoms with Crippen LogP contribution in [-0.2, 0) is 9.53 Å². The van der Waals surface area contributed by atoms with Crippen LogP contribution < -0.4 is 5.32 Å². The van der Waals surface area contributed by atoms with Gasteiger partial charge in [-0.1, -0.05) is 0 Å². The number of rotatable bonds is 5. The Labute approximate surface area is 87.0 Å². The van der Waals surface area contributed by atoms with Gasteiger partial charge in [-0.3, -0.25) is 4.79 Å². The highest BCUT2D eigenvalue weighted by molar-refractivity contribution is 5.77. The van der Waals surface area contributed by atoms with Crippen LogP contribution >= 0.6 is 0 Å². The van der Waals surface area contributed by atoms with Gasteiger partial charge < -0.3 is 10.1 Å². The topological polar surface area (TPSA) is 38.3 Å². The van der Waals surface area contributed by atoms with E-state index in [4.69, 9.17) is 4.74 Å². The standard InChI is InChI=1S/C9H16F3NO2/c1-6(2)15-5-8(14)13-7(3)4-9(10,11)12/h6-7H,4-5H2,1-3H3,(H,13,14). The van der Waals surface area contributed by atoms with Crippen LogP contribution in [0.5, 0.6) is 0 Å². The van der Waals surface area contributed by atoms with E-state index in [9.17, 15) is 18.0 Å². The first-order valence-corrected chi connectivity index (χ1v) is 4.68. The molecule has 1 N–H and O–H groups in total. The van der Waals surface area contributed by atoms with Gasteiger partial charge in [0.1, 0.15) is 6.61 Å². The van der Waals surface area contributed by atoms with Crippen molar-refractivity contribution in [3.63, 3.8) is 0 Å². The van der Waals surface area contributed by atoms with Gasteiger partial charge in [0.25, 0.3) is 0 Å². The Hall–Kier alpha value is -0.780. The predicted molar refractivity (Wildman–Crippen MR) is 49.4 cm³/mol. The monoisotopic (exact) mass is 227 g/mol. The molecule has 6 heteroatoms. The van der Waals surface area contributed by atoms with Gasteiger partial charge in [0.2, 0.25) is 5.91 Å². The molecule has 0 saturated carbocycles. The molecule has 3 nitrogen and oxygen atoms in total. The first kappa shape index (κ1) is 14.2. The van der Waals surface area contributed by atoms with Crippen molar-refractivity contribution in [1.29, 1.82) is 0 Å². The second-order valence-electron chi connectivity index (χ2n) is 3.65. The molecule has 0 aliphatic carbocycles. The second kappa shape index (κ2) is 5.95. The van der Waals surface area contributed by atoms with Gasteiger partial charge in [0.15, 0.2) is 0 Å². The van der Waals surface area contributed by atoms with Gasteiger partial charge in [-0.15, -0.1) is 0 Å². The number of nitrogens with one attached hydrogen (secondary N) is 1. The summed E-state index contributed by atoms with van der Waals surface area (Å²) in [4.78, 5) is 11.0. The highest BCUT2D eigenvalue weighted by Gasteiger charge is 2.30. The zero-order valence-corrected chi connectivity index (χ0v) is 9.02. The van der Waals surface area contributed by atoms with Gasteiger partial charge >= 0.3 is 6.18 Å². The molecule has 0 rings (SSSR count). The Morgan fingerprint density at radius 3 is 2.27 bits per heavy atom. The Bertz CT molecular complexity index is 204. The fourth-order valence-corrected chi connectivity index (χ4v) is 0.957. The van der Waals surface area contributed by atoms with Crippen LogP contribution in [0.3, 0.4) is 0 Å². The van der Waals surface area contributed by atoms with Crippen LogP contribution in [0.25, 0.3) is 0 Å². The molecule has 90 valence electrons. The van der Waals surface area contributed by atoms with Crippen molar-refractivity contribution in [2.24, 2.45) is 0 Å².